The van der Waals surface area contributed by atoms with Gasteiger partial charge in [0.2, 0.25) is 18.3 Å². The summed E-state index contributed by atoms with van der Waals surface area (Å²) in [7, 11) is 6.56. The standard InChI is InChI=1S/C22H26O6/c1-11-7-13-8-15(23-3)19(24-4)21(25-5)17(13)18-14(12(11)2)9-16-20(22(18)26-6)28-10-27-16/h8-9,11-12H,7,10H2,1-6H3/t11-,12+/m1/s1. The Hall–Kier alpha value is -2.76. The summed E-state index contributed by atoms with van der Waals surface area (Å²) in [5.74, 6) is 4.55. The number of hydrogen-bond donors (Lipinski definition) is 0. The van der Waals surface area contributed by atoms with Gasteiger partial charge in [0.05, 0.1) is 28.4 Å². The van der Waals surface area contributed by atoms with Crippen LogP contribution in [-0.2, 0) is 6.42 Å². The molecule has 0 N–H and O–H groups in total. The molecule has 28 heavy (non-hydrogen) atoms. The minimum absolute atomic E-state index is 0.189. The predicted molar refractivity (Wildman–Crippen MR) is 105 cm³/mol. The van der Waals surface area contributed by atoms with Crippen LogP contribution in [0.25, 0.3) is 11.1 Å². The topological polar surface area (TPSA) is 55.4 Å². The van der Waals surface area contributed by atoms with Crippen LogP contribution in [0.15, 0.2) is 12.1 Å². The predicted octanol–water partition coefficient (Wildman–Crippen LogP) is 4.41. The molecule has 0 saturated carbocycles. The summed E-state index contributed by atoms with van der Waals surface area (Å²) in [4.78, 5) is 0. The first kappa shape index (κ1) is 18.6. The Morgan fingerprint density at radius 3 is 2.18 bits per heavy atom. The Morgan fingerprint density at radius 1 is 0.821 bits per heavy atom. The van der Waals surface area contributed by atoms with Gasteiger partial charge in [0.1, 0.15) is 0 Å². The fraction of sp³-hybridized carbons (Fsp3) is 0.455. The zero-order valence-electron chi connectivity index (χ0n) is 17.2. The average Bonchev–Trinajstić information content (AvgIpc) is 3.15. The number of fused-ring (bicyclic) bond motifs is 4. The average molecular weight is 386 g/mol. The molecule has 1 heterocycles. The second-order valence-corrected chi connectivity index (χ2v) is 7.26. The Bertz CT molecular complexity index is 920. The van der Waals surface area contributed by atoms with Gasteiger partial charge in [-0.25, -0.2) is 0 Å². The molecule has 0 aromatic heterocycles. The van der Waals surface area contributed by atoms with E-state index in [9.17, 15) is 0 Å². The highest BCUT2D eigenvalue weighted by Gasteiger charge is 2.36. The summed E-state index contributed by atoms with van der Waals surface area (Å²) in [6.45, 7) is 4.68. The second-order valence-electron chi connectivity index (χ2n) is 7.26. The van der Waals surface area contributed by atoms with Gasteiger partial charge < -0.3 is 28.4 Å². The molecule has 6 nitrogen and oxygen atoms in total. The van der Waals surface area contributed by atoms with Crippen LogP contribution in [0.2, 0.25) is 0 Å². The van der Waals surface area contributed by atoms with E-state index in [2.05, 4.69) is 19.9 Å². The van der Waals surface area contributed by atoms with Crippen LogP contribution in [0.5, 0.6) is 34.5 Å². The van der Waals surface area contributed by atoms with E-state index < -0.39 is 0 Å². The van der Waals surface area contributed by atoms with Gasteiger partial charge >= 0.3 is 0 Å². The van der Waals surface area contributed by atoms with E-state index in [1.54, 1.807) is 28.4 Å². The summed E-state index contributed by atoms with van der Waals surface area (Å²) in [5, 5.41) is 0. The van der Waals surface area contributed by atoms with Crippen molar-refractivity contribution in [1.82, 2.24) is 0 Å². The normalized spacial score (nSPS) is 19.4. The van der Waals surface area contributed by atoms with Crippen molar-refractivity contribution in [3.8, 4) is 45.6 Å². The molecule has 0 radical (unpaired) electrons. The van der Waals surface area contributed by atoms with Crippen LogP contribution in [0.1, 0.15) is 30.9 Å². The van der Waals surface area contributed by atoms with Crippen molar-refractivity contribution >= 4 is 0 Å². The third-order valence-corrected chi connectivity index (χ3v) is 5.90. The zero-order chi connectivity index (χ0) is 20.0. The zero-order valence-corrected chi connectivity index (χ0v) is 17.2. The summed E-state index contributed by atoms with van der Waals surface area (Å²) < 4.78 is 34.3. The molecule has 0 saturated heterocycles. The molecule has 1 aliphatic heterocycles. The first-order valence-electron chi connectivity index (χ1n) is 9.38. The van der Waals surface area contributed by atoms with Crippen molar-refractivity contribution in [1.29, 1.82) is 0 Å². The Balaban J connectivity index is 2.15. The lowest BCUT2D eigenvalue weighted by Gasteiger charge is -2.22. The quantitative estimate of drug-likeness (QED) is 0.776. The molecule has 0 unspecified atom stereocenters. The van der Waals surface area contributed by atoms with E-state index in [1.165, 1.54) is 0 Å². The van der Waals surface area contributed by atoms with Gasteiger partial charge in [0.25, 0.3) is 0 Å². The summed E-state index contributed by atoms with van der Waals surface area (Å²) >= 11 is 0. The van der Waals surface area contributed by atoms with Crippen LogP contribution >= 0.6 is 0 Å². The molecule has 0 amide bonds. The van der Waals surface area contributed by atoms with Crippen molar-refractivity contribution in [2.75, 3.05) is 35.2 Å². The number of methoxy groups -OCH3 is 4. The van der Waals surface area contributed by atoms with Gasteiger partial charge in [-0.1, -0.05) is 13.8 Å². The second kappa shape index (κ2) is 7.00. The van der Waals surface area contributed by atoms with Gasteiger partial charge in [0.15, 0.2) is 23.0 Å². The number of hydrogen-bond acceptors (Lipinski definition) is 6. The van der Waals surface area contributed by atoms with Crippen LogP contribution < -0.4 is 28.4 Å². The monoisotopic (exact) mass is 386 g/mol. The van der Waals surface area contributed by atoms with E-state index in [-0.39, 0.29) is 12.7 Å². The Kier molecular flexibility index (Phi) is 4.65. The molecular formula is C22H26O6. The van der Waals surface area contributed by atoms with Crippen LogP contribution in [-0.4, -0.2) is 35.2 Å². The van der Waals surface area contributed by atoms with E-state index in [4.69, 9.17) is 28.4 Å². The summed E-state index contributed by atoms with van der Waals surface area (Å²) in [6.07, 6.45) is 0.872. The lowest BCUT2D eigenvalue weighted by Crippen LogP contribution is -2.08. The molecule has 0 fully saturated rings. The molecule has 2 atom stereocenters. The third-order valence-electron chi connectivity index (χ3n) is 5.90. The first-order chi connectivity index (χ1) is 13.5. The van der Waals surface area contributed by atoms with E-state index in [0.29, 0.717) is 34.7 Å². The highest BCUT2D eigenvalue weighted by atomic mass is 16.7. The lowest BCUT2D eigenvalue weighted by atomic mass is 9.85. The highest BCUT2D eigenvalue weighted by Crippen LogP contribution is 2.58. The number of benzene rings is 2. The van der Waals surface area contributed by atoms with E-state index >= 15 is 0 Å². The molecule has 6 heteroatoms. The molecule has 2 aliphatic rings. The van der Waals surface area contributed by atoms with Gasteiger partial charge in [0, 0.05) is 11.1 Å². The molecule has 0 bridgehead atoms. The Morgan fingerprint density at radius 2 is 1.54 bits per heavy atom. The number of ether oxygens (including phenoxy) is 6. The smallest absolute Gasteiger partial charge is 0.231 e. The minimum Gasteiger partial charge on any atom is -0.493 e. The SMILES string of the molecule is COc1cc2c(c(OC)c1OC)-c1c(cc3c(c1OC)OCO3)[C@@H](C)[C@H](C)C2. The molecule has 0 spiro atoms. The van der Waals surface area contributed by atoms with Crippen LogP contribution in [0, 0.1) is 5.92 Å². The number of rotatable bonds is 4. The minimum atomic E-state index is 0.189. The van der Waals surface area contributed by atoms with Crippen LogP contribution in [0.3, 0.4) is 0 Å². The molecule has 150 valence electrons. The molecular weight excluding hydrogens is 360 g/mol. The summed E-state index contributed by atoms with van der Waals surface area (Å²) in [5.41, 5.74) is 4.21. The van der Waals surface area contributed by atoms with Gasteiger partial charge in [-0.2, -0.15) is 0 Å². The fourth-order valence-corrected chi connectivity index (χ4v) is 4.32. The maximum atomic E-state index is 5.85. The van der Waals surface area contributed by atoms with Crippen molar-refractivity contribution < 1.29 is 28.4 Å². The molecule has 2 aromatic rings. The largest absolute Gasteiger partial charge is 0.493 e. The van der Waals surface area contributed by atoms with Gasteiger partial charge in [-0.05, 0) is 41.5 Å². The van der Waals surface area contributed by atoms with Crippen LogP contribution in [0.4, 0.5) is 0 Å². The van der Waals surface area contributed by atoms with Crippen molar-refractivity contribution in [3.63, 3.8) is 0 Å². The Labute approximate surface area is 165 Å². The molecule has 2 aromatic carbocycles. The fourth-order valence-electron chi connectivity index (χ4n) is 4.32. The summed E-state index contributed by atoms with van der Waals surface area (Å²) in [6, 6.07) is 4.12. The lowest BCUT2D eigenvalue weighted by molar-refractivity contribution is 0.171. The molecule has 1 aliphatic carbocycles. The van der Waals surface area contributed by atoms with E-state index in [1.807, 2.05) is 6.07 Å². The first-order valence-corrected chi connectivity index (χ1v) is 9.38. The maximum absolute atomic E-state index is 5.85. The third kappa shape index (κ3) is 2.54. The highest BCUT2D eigenvalue weighted by molar-refractivity contribution is 5.89. The maximum Gasteiger partial charge on any atom is 0.231 e. The van der Waals surface area contributed by atoms with E-state index in [0.717, 1.165) is 34.4 Å². The molecule has 4 rings (SSSR count). The van der Waals surface area contributed by atoms with Crippen molar-refractivity contribution in [3.05, 3.63) is 23.3 Å². The van der Waals surface area contributed by atoms with Crippen molar-refractivity contribution in [2.45, 2.75) is 26.2 Å². The van der Waals surface area contributed by atoms with Crippen molar-refractivity contribution in [2.24, 2.45) is 5.92 Å². The van der Waals surface area contributed by atoms with Gasteiger partial charge in [-0.3, -0.25) is 0 Å². The van der Waals surface area contributed by atoms with Gasteiger partial charge in [-0.15, -0.1) is 0 Å².